The van der Waals surface area contributed by atoms with Crippen molar-refractivity contribution in [2.75, 3.05) is 6.61 Å². The standard InChI is InChI=1S/C30H34Cl2N2O3/c1-3-22(2)33-30(36)28(20-23-8-5-4-6-9-23)34(21-24-11-13-25(31)14-12-24)29(35)10-7-19-37-27-17-15-26(32)16-18-27/h4-6,8-9,11-18,22,28H,3,7,10,19-21H2,1-2H3,(H,33,36)/t22-,28+/m1/s1. The van der Waals surface area contributed by atoms with Crippen molar-refractivity contribution in [3.05, 3.63) is 100 Å². The second kappa shape index (κ2) is 14.7. The summed E-state index contributed by atoms with van der Waals surface area (Å²) in [5.74, 6) is 0.442. The number of nitrogens with one attached hydrogen (secondary N) is 1. The molecule has 0 aromatic heterocycles. The number of nitrogens with zero attached hydrogens (tertiary/aromatic N) is 1. The number of benzene rings is 3. The molecule has 0 saturated carbocycles. The summed E-state index contributed by atoms with van der Waals surface area (Å²) < 4.78 is 5.77. The molecule has 1 N–H and O–H groups in total. The van der Waals surface area contributed by atoms with Crippen LogP contribution in [0.2, 0.25) is 10.0 Å². The Hall–Kier alpha value is -3.02. The lowest BCUT2D eigenvalue weighted by Gasteiger charge is -2.32. The van der Waals surface area contributed by atoms with Crippen molar-refractivity contribution in [3.8, 4) is 5.75 Å². The van der Waals surface area contributed by atoms with Gasteiger partial charge in [-0.3, -0.25) is 9.59 Å². The van der Waals surface area contributed by atoms with Crippen molar-refractivity contribution < 1.29 is 14.3 Å². The Kier molecular flexibility index (Phi) is 11.3. The van der Waals surface area contributed by atoms with Gasteiger partial charge in [0, 0.05) is 35.5 Å². The van der Waals surface area contributed by atoms with E-state index in [1.165, 1.54) is 0 Å². The number of hydrogen-bond acceptors (Lipinski definition) is 3. The van der Waals surface area contributed by atoms with Gasteiger partial charge in [0.2, 0.25) is 11.8 Å². The molecule has 0 aliphatic carbocycles. The number of amides is 2. The highest BCUT2D eigenvalue weighted by atomic mass is 35.5. The summed E-state index contributed by atoms with van der Waals surface area (Å²) in [6.45, 7) is 4.68. The van der Waals surface area contributed by atoms with Crippen molar-refractivity contribution in [3.63, 3.8) is 0 Å². The fourth-order valence-corrected chi connectivity index (χ4v) is 4.12. The van der Waals surface area contributed by atoms with Crippen LogP contribution in [0.4, 0.5) is 0 Å². The van der Waals surface area contributed by atoms with E-state index in [0.717, 1.165) is 17.5 Å². The van der Waals surface area contributed by atoms with E-state index in [0.29, 0.717) is 41.8 Å². The van der Waals surface area contributed by atoms with Crippen LogP contribution < -0.4 is 10.1 Å². The zero-order valence-corrected chi connectivity index (χ0v) is 22.8. The van der Waals surface area contributed by atoms with Crippen LogP contribution in [0.5, 0.6) is 5.75 Å². The predicted octanol–water partition coefficient (Wildman–Crippen LogP) is 6.71. The van der Waals surface area contributed by atoms with Crippen LogP contribution in [0.3, 0.4) is 0 Å². The molecule has 0 bridgehead atoms. The molecule has 7 heteroatoms. The average Bonchev–Trinajstić information content (AvgIpc) is 2.91. The lowest BCUT2D eigenvalue weighted by Crippen LogP contribution is -2.52. The molecule has 3 aromatic rings. The van der Waals surface area contributed by atoms with Gasteiger partial charge in [-0.1, -0.05) is 72.6 Å². The molecular weight excluding hydrogens is 507 g/mol. The van der Waals surface area contributed by atoms with Gasteiger partial charge in [-0.15, -0.1) is 0 Å². The SMILES string of the molecule is CC[C@@H](C)NC(=O)[C@H](Cc1ccccc1)N(Cc1ccc(Cl)cc1)C(=O)CCCOc1ccc(Cl)cc1. The smallest absolute Gasteiger partial charge is 0.243 e. The van der Waals surface area contributed by atoms with Crippen LogP contribution in [0.1, 0.15) is 44.2 Å². The number of halogens is 2. The average molecular weight is 542 g/mol. The van der Waals surface area contributed by atoms with E-state index in [1.807, 2.05) is 56.3 Å². The van der Waals surface area contributed by atoms with Gasteiger partial charge in [0.15, 0.2) is 0 Å². The van der Waals surface area contributed by atoms with Crippen LogP contribution in [-0.2, 0) is 22.6 Å². The van der Waals surface area contributed by atoms with Gasteiger partial charge in [0.1, 0.15) is 11.8 Å². The lowest BCUT2D eigenvalue weighted by atomic mass is 10.0. The molecule has 0 fully saturated rings. The first-order chi connectivity index (χ1) is 17.9. The minimum absolute atomic E-state index is 0.00559. The van der Waals surface area contributed by atoms with Crippen LogP contribution >= 0.6 is 23.2 Å². The summed E-state index contributed by atoms with van der Waals surface area (Å²) in [4.78, 5) is 28.8. The van der Waals surface area contributed by atoms with Crippen molar-refractivity contribution in [2.24, 2.45) is 0 Å². The molecule has 0 radical (unpaired) electrons. The zero-order chi connectivity index (χ0) is 26.6. The number of ether oxygens (including phenoxy) is 1. The second-order valence-electron chi connectivity index (χ2n) is 9.08. The Balaban J connectivity index is 1.78. The number of carbonyl (C=O) groups is 2. The first kappa shape index (κ1) is 28.5. The minimum atomic E-state index is -0.656. The molecule has 196 valence electrons. The number of hydrogen-bond donors (Lipinski definition) is 1. The van der Waals surface area contributed by atoms with E-state index >= 15 is 0 Å². The number of rotatable bonds is 13. The van der Waals surface area contributed by atoms with E-state index < -0.39 is 6.04 Å². The van der Waals surface area contributed by atoms with Crippen LogP contribution in [0.25, 0.3) is 0 Å². The summed E-state index contributed by atoms with van der Waals surface area (Å²) >= 11 is 12.0. The van der Waals surface area contributed by atoms with Gasteiger partial charge in [0.05, 0.1) is 6.61 Å². The highest BCUT2D eigenvalue weighted by Gasteiger charge is 2.30. The monoisotopic (exact) mass is 540 g/mol. The largest absolute Gasteiger partial charge is 0.494 e. The van der Waals surface area contributed by atoms with E-state index in [1.54, 1.807) is 41.3 Å². The van der Waals surface area contributed by atoms with Crippen molar-refractivity contribution in [2.45, 2.75) is 58.2 Å². The van der Waals surface area contributed by atoms with Gasteiger partial charge in [-0.2, -0.15) is 0 Å². The first-order valence-electron chi connectivity index (χ1n) is 12.6. The summed E-state index contributed by atoms with van der Waals surface area (Å²) in [6.07, 6.45) is 1.99. The van der Waals surface area contributed by atoms with E-state index in [9.17, 15) is 9.59 Å². The normalized spacial score (nSPS) is 12.4. The molecular formula is C30H34Cl2N2O3. The lowest BCUT2D eigenvalue weighted by molar-refractivity contribution is -0.141. The molecule has 5 nitrogen and oxygen atoms in total. The maximum absolute atomic E-state index is 13.6. The predicted molar refractivity (Wildman–Crippen MR) is 150 cm³/mol. The van der Waals surface area contributed by atoms with Crippen LogP contribution in [0, 0.1) is 0 Å². The van der Waals surface area contributed by atoms with Gasteiger partial charge >= 0.3 is 0 Å². The maximum Gasteiger partial charge on any atom is 0.243 e. The Morgan fingerprint density at radius 3 is 2.14 bits per heavy atom. The molecule has 0 spiro atoms. The third kappa shape index (κ3) is 9.42. The molecule has 0 aliphatic rings. The fourth-order valence-electron chi connectivity index (χ4n) is 3.87. The highest BCUT2D eigenvalue weighted by Crippen LogP contribution is 2.19. The van der Waals surface area contributed by atoms with E-state index in [2.05, 4.69) is 5.32 Å². The molecule has 2 amide bonds. The second-order valence-corrected chi connectivity index (χ2v) is 9.95. The molecule has 3 aromatic carbocycles. The summed E-state index contributed by atoms with van der Waals surface area (Å²) in [6, 6.07) is 23.6. The molecule has 37 heavy (non-hydrogen) atoms. The maximum atomic E-state index is 13.6. The summed E-state index contributed by atoms with van der Waals surface area (Å²) in [5, 5.41) is 4.34. The van der Waals surface area contributed by atoms with Crippen molar-refractivity contribution in [1.29, 1.82) is 0 Å². The Bertz CT molecular complexity index is 1120. The molecule has 0 unspecified atom stereocenters. The molecule has 0 saturated heterocycles. The van der Waals surface area contributed by atoms with Gasteiger partial charge in [-0.25, -0.2) is 0 Å². The fraction of sp³-hybridized carbons (Fsp3) is 0.333. The summed E-state index contributed by atoms with van der Waals surface area (Å²) in [7, 11) is 0. The molecule has 2 atom stereocenters. The van der Waals surface area contributed by atoms with Gasteiger partial charge in [-0.05, 0) is 67.3 Å². The summed E-state index contributed by atoms with van der Waals surface area (Å²) in [5.41, 5.74) is 1.90. The zero-order valence-electron chi connectivity index (χ0n) is 21.3. The quantitative estimate of drug-likeness (QED) is 0.245. The van der Waals surface area contributed by atoms with Crippen LogP contribution in [0.15, 0.2) is 78.9 Å². The van der Waals surface area contributed by atoms with Crippen LogP contribution in [-0.4, -0.2) is 35.4 Å². The Morgan fingerprint density at radius 1 is 0.892 bits per heavy atom. The highest BCUT2D eigenvalue weighted by molar-refractivity contribution is 6.30. The molecule has 3 rings (SSSR count). The first-order valence-corrected chi connectivity index (χ1v) is 13.4. The Morgan fingerprint density at radius 2 is 1.51 bits per heavy atom. The number of carbonyl (C=O) groups excluding carboxylic acids is 2. The van der Waals surface area contributed by atoms with E-state index in [-0.39, 0.29) is 24.3 Å². The van der Waals surface area contributed by atoms with Crippen molar-refractivity contribution in [1.82, 2.24) is 10.2 Å². The van der Waals surface area contributed by atoms with Gasteiger partial charge < -0.3 is 15.0 Å². The topological polar surface area (TPSA) is 58.6 Å². The minimum Gasteiger partial charge on any atom is -0.494 e. The van der Waals surface area contributed by atoms with Gasteiger partial charge in [0.25, 0.3) is 0 Å². The molecule has 0 aliphatic heterocycles. The molecule has 0 heterocycles. The Labute approximate surface area is 229 Å². The third-order valence-corrected chi connectivity index (χ3v) is 6.66. The van der Waals surface area contributed by atoms with E-state index in [4.69, 9.17) is 27.9 Å². The van der Waals surface area contributed by atoms with Crippen molar-refractivity contribution >= 4 is 35.0 Å². The third-order valence-electron chi connectivity index (χ3n) is 6.16.